The highest BCUT2D eigenvalue weighted by molar-refractivity contribution is 8.93. The summed E-state index contributed by atoms with van der Waals surface area (Å²) in [6.45, 7) is 0. The molecule has 0 fully saturated rings. The monoisotopic (exact) mass is 422 g/mol. The number of esters is 1. The summed E-state index contributed by atoms with van der Waals surface area (Å²) in [4.78, 5) is 24.3. The van der Waals surface area contributed by atoms with Crippen molar-refractivity contribution in [3.63, 3.8) is 0 Å². The molecule has 0 radical (unpaired) electrons. The summed E-state index contributed by atoms with van der Waals surface area (Å²) in [5.41, 5.74) is 7.67. The van der Waals surface area contributed by atoms with Gasteiger partial charge in [0, 0.05) is 6.42 Å². The van der Waals surface area contributed by atoms with E-state index in [1.807, 2.05) is 30.3 Å². The number of aromatic hydroxyl groups is 1. The number of phenols is 1. The van der Waals surface area contributed by atoms with Gasteiger partial charge in [0.05, 0.1) is 13.2 Å². The molecule has 1 amide bonds. The molecule has 2 aromatic rings. The second-order valence-corrected chi connectivity index (χ2v) is 5.75. The van der Waals surface area contributed by atoms with Crippen molar-refractivity contribution in [2.45, 2.75) is 24.9 Å². The number of carbonyl (C=O) groups excluding carboxylic acids is 2. The predicted molar refractivity (Wildman–Crippen MR) is 104 cm³/mol. The topological polar surface area (TPSA) is 102 Å². The Morgan fingerprint density at radius 3 is 2.19 bits per heavy atom. The van der Waals surface area contributed by atoms with Crippen LogP contribution in [0.25, 0.3) is 0 Å². The number of hydrogen-bond acceptors (Lipinski definition) is 5. The molecule has 6 nitrogen and oxygen atoms in total. The van der Waals surface area contributed by atoms with Crippen molar-refractivity contribution in [3.8, 4) is 5.75 Å². The summed E-state index contributed by atoms with van der Waals surface area (Å²) in [7, 11) is 1.28. The molecule has 4 N–H and O–H groups in total. The zero-order chi connectivity index (χ0) is 18.2. The van der Waals surface area contributed by atoms with Gasteiger partial charge in [-0.1, -0.05) is 42.5 Å². The molecule has 26 heavy (non-hydrogen) atoms. The predicted octanol–water partition coefficient (Wildman–Crippen LogP) is 1.74. The number of amides is 1. The summed E-state index contributed by atoms with van der Waals surface area (Å²) >= 11 is 0. The van der Waals surface area contributed by atoms with Crippen LogP contribution >= 0.6 is 17.0 Å². The maximum absolute atomic E-state index is 12.3. The highest BCUT2D eigenvalue weighted by atomic mass is 79.9. The molecule has 140 valence electrons. The highest BCUT2D eigenvalue weighted by Crippen LogP contribution is 2.11. The van der Waals surface area contributed by atoms with Gasteiger partial charge in [-0.3, -0.25) is 4.79 Å². The molecule has 2 rings (SSSR count). The number of nitrogens with two attached hydrogens (primary N) is 1. The molecule has 0 aromatic heterocycles. The Bertz CT molecular complexity index is 707. The Labute approximate surface area is 163 Å². The van der Waals surface area contributed by atoms with Crippen LogP contribution in [0.4, 0.5) is 0 Å². The molecule has 0 spiro atoms. The number of halogens is 1. The molecule has 2 atom stereocenters. The Morgan fingerprint density at radius 1 is 1.04 bits per heavy atom. The van der Waals surface area contributed by atoms with Crippen molar-refractivity contribution in [1.82, 2.24) is 5.32 Å². The highest BCUT2D eigenvalue weighted by Gasteiger charge is 2.24. The van der Waals surface area contributed by atoms with Crippen LogP contribution < -0.4 is 11.1 Å². The van der Waals surface area contributed by atoms with Crippen LogP contribution in [0.3, 0.4) is 0 Å². The quantitative estimate of drug-likeness (QED) is 0.589. The van der Waals surface area contributed by atoms with Crippen LogP contribution in [0.5, 0.6) is 5.75 Å². The van der Waals surface area contributed by atoms with E-state index in [9.17, 15) is 14.7 Å². The molecule has 0 saturated carbocycles. The number of benzene rings is 2. The average molecular weight is 423 g/mol. The Kier molecular flexibility index (Phi) is 8.81. The van der Waals surface area contributed by atoms with Gasteiger partial charge >= 0.3 is 5.97 Å². The lowest BCUT2D eigenvalue weighted by Crippen LogP contribution is -2.50. The summed E-state index contributed by atoms with van der Waals surface area (Å²) in [5.74, 6) is -0.802. The molecule has 0 saturated heterocycles. The second-order valence-electron chi connectivity index (χ2n) is 5.75. The van der Waals surface area contributed by atoms with E-state index in [-0.39, 0.29) is 22.7 Å². The largest absolute Gasteiger partial charge is 0.508 e. The average Bonchev–Trinajstić information content (AvgIpc) is 2.63. The number of ether oxygens (including phenoxy) is 1. The first kappa shape index (κ1) is 21.7. The van der Waals surface area contributed by atoms with Gasteiger partial charge in [-0.15, -0.1) is 17.0 Å². The fraction of sp³-hybridized carbons (Fsp3) is 0.263. The molecule has 0 aliphatic carbocycles. The van der Waals surface area contributed by atoms with Crippen LogP contribution in [0.2, 0.25) is 0 Å². The zero-order valence-corrected chi connectivity index (χ0v) is 16.1. The number of methoxy groups -OCH3 is 1. The van der Waals surface area contributed by atoms with Crippen molar-refractivity contribution < 1.29 is 19.4 Å². The standard InChI is InChI=1S/C19H22N2O4.BrH/c1-25-19(24)17(12-13-5-3-2-4-6-13)21-18(23)16(20)11-14-7-9-15(22)10-8-14;/h2-10,16-17,22H,11-12,20H2,1H3,(H,21,23);1H. The summed E-state index contributed by atoms with van der Waals surface area (Å²) < 4.78 is 4.77. The number of rotatable bonds is 7. The Morgan fingerprint density at radius 2 is 1.62 bits per heavy atom. The van der Waals surface area contributed by atoms with Gasteiger partial charge in [0.1, 0.15) is 11.8 Å². The van der Waals surface area contributed by atoms with Gasteiger partial charge in [0.2, 0.25) is 5.91 Å². The van der Waals surface area contributed by atoms with Gasteiger partial charge in [0.25, 0.3) is 0 Å². The van der Waals surface area contributed by atoms with E-state index in [1.165, 1.54) is 19.2 Å². The first-order valence-electron chi connectivity index (χ1n) is 7.95. The normalized spacial score (nSPS) is 12.4. The molecule has 0 aliphatic heterocycles. The number of phenolic OH excluding ortho intramolecular Hbond substituents is 1. The molecule has 7 heteroatoms. The van der Waals surface area contributed by atoms with Crippen LogP contribution in [0, 0.1) is 0 Å². The van der Waals surface area contributed by atoms with Crippen molar-refractivity contribution in [1.29, 1.82) is 0 Å². The van der Waals surface area contributed by atoms with Gasteiger partial charge < -0.3 is 20.9 Å². The van der Waals surface area contributed by atoms with Crippen molar-refractivity contribution >= 4 is 28.9 Å². The minimum Gasteiger partial charge on any atom is -0.508 e. The number of carbonyl (C=O) groups is 2. The summed E-state index contributed by atoms with van der Waals surface area (Å²) in [6.07, 6.45) is 0.622. The fourth-order valence-corrected chi connectivity index (χ4v) is 2.44. The lowest BCUT2D eigenvalue weighted by atomic mass is 10.0. The van der Waals surface area contributed by atoms with Gasteiger partial charge in [0.15, 0.2) is 0 Å². The minimum absolute atomic E-state index is 0. The van der Waals surface area contributed by atoms with E-state index in [4.69, 9.17) is 10.5 Å². The van der Waals surface area contributed by atoms with Gasteiger partial charge in [-0.25, -0.2) is 4.79 Å². The third kappa shape index (κ3) is 6.50. The molecular formula is C19H23BrN2O4. The lowest BCUT2D eigenvalue weighted by molar-refractivity contribution is -0.145. The lowest BCUT2D eigenvalue weighted by Gasteiger charge is -2.19. The smallest absolute Gasteiger partial charge is 0.328 e. The molecule has 2 aromatic carbocycles. The molecule has 0 heterocycles. The summed E-state index contributed by atoms with van der Waals surface area (Å²) in [6, 6.07) is 14.2. The van der Waals surface area contributed by atoms with E-state index < -0.39 is 24.0 Å². The molecule has 0 bridgehead atoms. The van der Waals surface area contributed by atoms with E-state index >= 15 is 0 Å². The number of hydrogen-bond donors (Lipinski definition) is 3. The van der Waals surface area contributed by atoms with Gasteiger partial charge in [-0.05, 0) is 29.7 Å². The zero-order valence-electron chi connectivity index (χ0n) is 14.4. The van der Waals surface area contributed by atoms with E-state index in [0.717, 1.165) is 11.1 Å². The van der Waals surface area contributed by atoms with Crippen molar-refractivity contribution in [2.24, 2.45) is 5.73 Å². The van der Waals surface area contributed by atoms with Crippen molar-refractivity contribution in [3.05, 3.63) is 65.7 Å². The Balaban J connectivity index is 0.00000338. The molecule has 2 unspecified atom stereocenters. The SMILES string of the molecule is Br.COC(=O)C(Cc1ccccc1)NC(=O)C(N)Cc1ccc(O)cc1. The van der Waals surface area contributed by atoms with Crippen LogP contribution in [0.1, 0.15) is 11.1 Å². The first-order valence-corrected chi connectivity index (χ1v) is 7.95. The first-order chi connectivity index (χ1) is 12.0. The van der Waals surface area contributed by atoms with Crippen LogP contribution in [-0.2, 0) is 27.2 Å². The van der Waals surface area contributed by atoms with Gasteiger partial charge in [-0.2, -0.15) is 0 Å². The fourth-order valence-electron chi connectivity index (χ4n) is 2.44. The van der Waals surface area contributed by atoms with E-state index in [1.54, 1.807) is 12.1 Å². The van der Waals surface area contributed by atoms with Crippen LogP contribution in [-0.4, -0.2) is 36.2 Å². The van der Waals surface area contributed by atoms with Crippen LogP contribution in [0.15, 0.2) is 54.6 Å². The minimum atomic E-state index is -0.813. The maximum atomic E-state index is 12.3. The van der Waals surface area contributed by atoms with E-state index in [0.29, 0.717) is 12.8 Å². The molecular weight excluding hydrogens is 400 g/mol. The summed E-state index contributed by atoms with van der Waals surface area (Å²) in [5, 5.41) is 11.9. The third-order valence-corrected chi connectivity index (χ3v) is 3.81. The second kappa shape index (κ2) is 10.6. The Hall–Kier alpha value is -2.38. The molecule has 0 aliphatic rings. The van der Waals surface area contributed by atoms with Crippen molar-refractivity contribution in [2.75, 3.05) is 7.11 Å². The maximum Gasteiger partial charge on any atom is 0.328 e. The third-order valence-electron chi connectivity index (χ3n) is 3.81. The number of nitrogens with one attached hydrogen (secondary N) is 1. The van der Waals surface area contributed by atoms with E-state index in [2.05, 4.69) is 5.32 Å².